The van der Waals surface area contributed by atoms with Crippen molar-refractivity contribution in [3.63, 3.8) is 0 Å². The molecule has 1 aromatic heterocycles. The Morgan fingerprint density at radius 1 is 1.42 bits per heavy atom. The lowest BCUT2D eigenvalue weighted by atomic mass is 9.96. The summed E-state index contributed by atoms with van der Waals surface area (Å²) in [4.78, 5) is 17.4. The van der Waals surface area contributed by atoms with Crippen molar-refractivity contribution in [2.45, 2.75) is 24.1 Å². The average molecular weight is 293 g/mol. The van der Waals surface area contributed by atoms with E-state index in [-0.39, 0.29) is 5.97 Å². The molecule has 0 aliphatic rings. The predicted molar refractivity (Wildman–Crippen MR) is 79.0 cm³/mol. The van der Waals surface area contributed by atoms with Crippen LogP contribution in [-0.4, -0.2) is 17.6 Å². The van der Waals surface area contributed by atoms with Gasteiger partial charge in [-0.1, -0.05) is 30.3 Å². The van der Waals surface area contributed by atoms with E-state index in [0.29, 0.717) is 10.9 Å². The first-order chi connectivity index (χ1) is 9.13. The van der Waals surface area contributed by atoms with Crippen molar-refractivity contribution < 1.29 is 9.53 Å². The van der Waals surface area contributed by atoms with Crippen LogP contribution in [0.3, 0.4) is 0 Å². The van der Waals surface area contributed by atoms with Crippen molar-refractivity contribution in [1.29, 1.82) is 0 Å². The van der Waals surface area contributed by atoms with Gasteiger partial charge in [0, 0.05) is 4.88 Å². The lowest BCUT2D eigenvalue weighted by Crippen LogP contribution is -2.17. The minimum Gasteiger partial charge on any atom is -0.465 e. The van der Waals surface area contributed by atoms with E-state index < -0.39 is 5.92 Å². The lowest BCUT2D eigenvalue weighted by molar-refractivity contribution is -0.143. The number of ether oxygens (including phenoxy) is 1. The number of nitrogens with zero attached hydrogens (tertiary/aromatic N) is 1. The average Bonchev–Trinajstić information content (AvgIpc) is 2.70. The molecule has 1 heterocycles. The van der Waals surface area contributed by atoms with Crippen LogP contribution in [0.25, 0.3) is 0 Å². The Morgan fingerprint density at radius 3 is 2.63 bits per heavy atom. The Bertz CT molecular complexity index is 566. The minimum absolute atomic E-state index is 0.242. The second-order valence-electron chi connectivity index (χ2n) is 4.04. The fourth-order valence-electron chi connectivity index (χ4n) is 1.93. The molecular formula is C14H15NO2S2. The molecule has 100 valence electrons. The van der Waals surface area contributed by atoms with E-state index in [4.69, 9.17) is 4.74 Å². The highest BCUT2D eigenvalue weighted by atomic mass is 32.2. The third kappa shape index (κ3) is 3.16. The predicted octanol–water partition coefficient (Wildman–Crippen LogP) is 3.44. The number of thiol groups is 1. The monoisotopic (exact) mass is 293 g/mol. The van der Waals surface area contributed by atoms with Gasteiger partial charge in [0.2, 0.25) is 0 Å². The molecule has 1 aromatic carbocycles. The molecule has 0 radical (unpaired) electrons. The zero-order chi connectivity index (χ0) is 13.8. The molecule has 5 heteroatoms. The third-order valence-corrected chi connectivity index (χ3v) is 4.14. The summed E-state index contributed by atoms with van der Waals surface area (Å²) in [7, 11) is 0. The highest BCUT2D eigenvalue weighted by Crippen LogP contribution is 2.34. The molecule has 19 heavy (non-hydrogen) atoms. The largest absolute Gasteiger partial charge is 0.465 e. The van der Waals surface area contributed by atoms with Crippen LogP contribution in [0, 0.1) is 6.92 Å². The second-order valence-corrected chi connectivity index (χ2v) is 5.80. The number of aryl methyl sites for hydroxylation is 1. The topological polar surface area (TPSA) is 39.2 Å². The Kier molecular flexibility index (Phi) is 4.61. The summed E-state index contributed by atoms with van der Waals surface area (Å²) in [6.45, 7) is 4.07. The fourth-order valence-corrected chi connectivity index (χ4v) is 3.29. The van der Waals surface area contributed by atoms with E-state index in [2.05, 4.69) is 17.6 Å². The van der Waals surface area contributed by atoms with Crippen molar-refractivity contribution in [3.05, 3.63) is 46.5 Å². The van der Waals surface area contributed by atoms with Crippen LogP contribution in [-0.2, 0) is 9.53 Å². The summed E-state index contributed by atoms with van der Waals surface area (Å²) in [6.07, 6.45) is 0. The van der Waals surface area contributed by atoms with Crippen LogP contribution < -0.4 is 0 Å². The van der Waals surface area contributed by atoms with Gasteiger partial charge in [-0.2, -0.15) is 0 Å². The van der Waals surface area contributed by atoms with Gasteiger partial charge in [-0.3, -0.25) is 4.79 Å². The van der Waals surface area contributed by atoms with Crippen LogP contribution in [0.15, 0.2) is 34.7 Å². The van der Waals surface area contributed by atoms with Crippen molar-refractivity contribution >= 4 is 29.9 Å². The number of esters is 1. The maximum Gasteiger partial charge on any atom is 0.318 e. The van der Waals surface area contributed by atoms with Gasteiger partial charge >= 0.3 is 5.97 Å². The van der Waals surface area contributed by atoms with Crippen LogP contribution in [0.4, 0.5) is 0 Å². The molecule has 0 N–H and O–H groups in total. The molecule has 0 saturated heterocycles. The molecule has 0 spiro atoms. The standard InChI is InChI=1S/C14H15NO2S2/c1-3-17-13(16)11(10-7-5-4-6-8-10)12-9(2)15-14(18)19-12/h4-8,11H,3H2,1-2H3,(H,15,18). The normalized spacial score (nSPS) is 12.2. The molecule has 0 fully saturated rings. The van der Waals surface area contributed by atoms with Gasteiger partial charge < -0.3 is 4.74 Å². The van der Waals surface area contributed by atoms with Crippen LogP contribution in [0.5, 0.6) is 0 Å². The zero-order valence-electron chi connectivity index (χ0n) is 10.8. The number of hydrogen-bond acceptors (Lipinski definition) is 5. The first-order valence-electron chi connectivity index (χ1n) is 6.01. The summed E-state index contributed by atoms with van der Waals surface area (Å²) < 4.78 is 5.86. The van der Waals surface area contributed by atoms with E-state index in [0.717, 1.165) is 16.1 Å². The van der Waals surface area contributed by atoms with E-state index in [1.165, 1.54) is 11.3 Å². The summed E-state index contributed by atoms with van der Waals surface area (Å²) in [5.41, 5.74) is 1.75. The maximum absolute atomic E-state index is 12.2. The van der Waals surface area contributed by atoms with Gasteiger partial charge in [0.05, 0.1) is 12.3 Å². The van der Waals surface area contributed by atoms with Crippen molar-refractivity contribution in [2.75, 3.05) is 6.61 Å². The highest BCUT2D eigenvalue weighted by Gasteiger charge is 2.28. The summed E-state index contributed by atoms with van der Waals surface area (Å²) in [6, 6.07) is 9.62. The van der Waals surface area contributed by atoms with Crippen molar-refractivity contribution in [2.24, 2.45) is 0 Å². The summed E-state index contributed by atoms with van der Waals surface area (Å²) >= 11 is 5.68. The number of carbonyl (C=O) groups is 1. The number of thiazole rings is 1. The maximum atomic E-state index is 12.2. The summed E-state index contributed by atoms with van der Waals surface area (Å²) in [5, 5.41) is 0. The molecule has 0 aliphatic carbocycles. The van der Waals surface area contributed by atoms with Gasteiger partial charge in [-0.15, -0.1) is 24.0 Å². The Labute approximate surface area is 122 Å². The van der Waals surface area contributed by atoms with Crippen molar-refractivity contribution in [1.82, 2.24) is 4.98 Å². The van der Waals surface area contributed by atoms with Gasteiger partial charge in [0.15, 0.2) is 0 Å². The first-order valence-corrected chi connectivity index (χ1v) is 7.27. The van der Waals surface area contributed by atoms with Crippen molar-refractivity contribution in [3.8, 4) is 0 Å². The number of aromatic nitrogens is 1. The number of rotatable bonds is 4. The lowest BCUT2D eigenvalue weighted by Gasteiger charge is -2.15. The molecule has 2 rings (SSSR count). The van der Waals surface area contributed by atoms with Gasteiger partial charge in [0.25, 0.3) is 0 Å². The van der Waals surface area contributed by atoms with Gasteiger partial charge in [-0.25, -0.2) is 4.98 Å². The fraction of sp³-hybridized carbons (Fsp3) is 0.286. The van der Waals surface area contributed by atoms with Gasteiger partial charge in [0.1, 0.15) is 10.3 Å². The number of carbonyl (C=O) groups excluding carboxylic acids is 1. The molecule has 1 unspecified atom stereocenters. The van der Waals surface area contributed by atoms with E-state index in [1.807, 2.05) is 44.2 Å². The molecule has 0 aliphatic heterocycles. The van der Waals surface area contributed by atoms with Gasteiger partial charge in [-0.05, 0) is 19.4 Å². The molecule has 0 amide bonds. The van der Waals surface area contributed by atoms with Crippen LogP contribution in [0.1, 0.15) is 29.0 Å². The van der Waals surface area contributed by atoms with Crippen LogP contribution >= 0.6 is 24.0 Å². The smallest absolute Gasteiger partial charge is 0.318 e. The molecule has 3 nitrogen and oxygen atoms in total. The molecule has 2 aromatic rings. The van der Waals surface area contributed by atoms with E-state index >= 15 is 0 Å². The Morgan fingerprint density at radius 2 is 2.11 bits per heavy atom. The molecule has 0 saturated carbocycles. The minimum atomic E-state index is -0.417. The third-order valence-electron chi connectivity index (χ3n) is 2.74. The molecule has 0 bridgehead atoms. The Hall–Kier alpha value is -1.33. The number of benzene rings is 1. The molecule has 1 atom stereocenters. The second kappa shape index (κ2) is 6.21. The molecular weight excluding hydrogens is 278 g/mol. The Balaban J connectivity index is 2.46. The summed E-state index contributed by atoms with van der Waals surface area (Å²) in [5.74, 6) is -0.659. The van der Waals surface area contributed by atoms with Crippen LogP contribution in [0.2, 0.25) is 0 Å². The highest BCUT2D eigenvalue weighted by molar-refractivity contribution is 7.82. The zero-order valence-corrected chi connectivity index (χ0v) is 12.5. The van der Waals surface area contributed by atoms with E-state index in [9.17, 15) is 4.79 Å². The number of hydrogen-bond donors (Lipinski definition) is 1. The SMILES string of the molecule is CCOC(=O)C(c1ccccc1)c1sc(S)nc1C. The quantitative estimate of drug-likeness (QED) is 0.693. The first kappa shape index (κ1) is 14.1. The van der Waals surface area contributed by atoms with E-state index in [1.54, 1.807) is 0 Å².